The third kappa shape index (κ3) is 6.93. The van der Waals surface area contributed by atoms with Crippen molar-refractivity contribution in [1.29, 1.82) is 0 Å². The molecule has 0 saturated carbocycles. The molecule has 9 nitrogen and oxygen atoms in total. The summed E-state index contributed by atoms with van der Waals surface area (Å²) in [5.41, 5.74) is 2.87. The first-order valence-corrected chi connectivity index (χ1v) is 13.8. The number of anilines is 1. The molecule has 41 heavy (non-hydrogen) atoms. The van der Waals surface area contributed by atoms with Crippen LogP contribution in [-0.4, -0.2) is 65.8 Å². The number of nitrogens with zero attached hydrogens (tertiary/aromatic N) is 3. The Morgan fingerprint density at radius 3 is 2.56 bits per heavy atom. The van der Waals surface area contributed by atoms with Crippen LogP contribution in [0.15, 0.2) is 85.1 Å². The van der Waals surface area contributed by atoms with E-state index >= 15 is 0 Å². The van der Waals surface area contributed by atoms with Crippen LogP contribution >= 0.6 is 0 Å². The standard InChI is InChI=1S/C32H34N4O5/c1-3-40-27-12-7-11-25(19-27)36-21-29(23-9-5-4-6-10-23)33-32(36)34-30(37)22-35(20-28-13-8-18-41-28)31(38)24-14-16-26(39-2)17-15-24/h4-7,9-12,14-17,19,21,28H,3,8,13,18,20,22H2,1-2H3,(H,33,34,37). The number of methoxy groups -OCH3 is 1. The van der Waals surface area contributed by atoms with Gasteiger partial charge < -0.3 is 19.1 Å². The van der Waals surface area contributed by atoms with Crippen LogP contribution in [0.4, 0.5) is 5.95 Å². The summed E-state index contributed by atoms with van der Waals surface area (Å²) in [5.74, 6) is 1.09. The summed E-state index contributed by atoms with van der Waals surface area (Å²) >= 11 is 0. The molecule has 2 heterocycles. The molecule has 1 atom stereocenters. The molecule has 1 saturated heterocycles. The lowest BCUT2D eigenvalue weighted by atomic mass is 10.1. The van der Waals surface area contributed by atoms with E-state index in [1.54, 1.807) is 31.4 Å². The van der Waals surface area contributed by atoms with E-state index in [-0.39, 0.29) is 24.5 Å². The van der Waals surface area contributed by atoms with Crippen molar-refractivity contribution in [2.24, 2.45) is 0 Å². The maximum atomic E-state index is 13.5. The van der Waals surface area contributed by atoms with Gasteiger partial charge in [-0.15, -0.1) is 0 Å². The molecule has 0 radical (unpaired) electrons. The second kappa shape index (κ2) is 13.1. The van der Waals surface area contributed by atoms with Crippen LogP contribution in [0.3, 0.4) is 0 Å². The summed E-state index contributed by atoms with van der Waals surface area (Å²) in [6, 6.07) is 24.2. The van der Waals surface area contributed by atoms with E-state index in [0.29, 0.717) is 48.5 Å². The Bertz CT molecular complexity index is 1460. The van der Waals surface area contributed by atoms with Gasteiger partial charge in [0.2, 0.25) is 11.9 Å². The van der Waals surface area contributed by atoms with E-state index in [1.165, 1.54) is 4.90 Å². The predicted molar refractivity (Wildman–Crippen MR) is 157 cm³/mol. The van der Waals surface area contributed by atoms with Crippen LogP contribution in [0.2, 0.25) is 0 Å². The van der Waals surface area contributed by atoms with Crippen molar-refractivity contribution in [1.82, 2.24) is 14.5 Å². The van der Waals surface area contributed by atoms with Crippen LogP contribution in [0, 0.1) is 0 Å². The summed E-state index contributed by atoms with van der Waals surface area (Å²) < 4.78 is 18.5. The SMILES string of the molecule is CCOc1cccc(-n2cc(-c3ccccc3)nc2NC(=O)CN(CC2CCCO2)C(=O)c2ccc(OC)cc2)c1. The number of rotatable bonds is 11. The van der Waals surface area contributed by atoms with Gasteiger partial charge in [0.15, 0.2) is 0 Å². The Labute approximate surface area is 239 Å². The molecule has 1 aromatic heterocycles. The summed E-state index contributed by atoms with van der Waals surface area (Å²) in [7, 11) is 1.57. The van der Waals surface area contributed by atoms with Crippen molar-refractivity contribution in [3.05, 3.63) is 90.6 Å². The topological polar surface area (TPSA) is 94.9 Å². The Kier molecular flexibility index (Phi) is 8.95. The van der Waals surface area contributed by atoms with Gasteiger partial charge in [0, 0.05) is 36.5 Å². The number of hydrogen-bond donors (Lipinski definition) is 1. The first-order chi connectivity index (χ1) is 20.0. The van der Waals surface area contributed by atoms with E-state index in [9.17, 15) is 9.59 Å². The van der Waals surface area contributed by atoms with Crippen molar-refractivity contribution < 1.29 is 23.8 Å². The van der Waals surface area contributed by atoms with Crippen LogP contribution in [-0.2, 0) is 9.53 Å². The highest BCUT2D eigenvalue weighted by Gasteiger charge is 2.26. The minimum Gasteiger partial charge on any atom is -0.497 e. The molecule has 2 amide bonds. The van der Waals surface area contributed by atoms with Crippen molar-refractivity contribution >= 4 is 17.8 Å². The second-order valence-corrected chi connectivity index (χ2v) is 9.71. The van der Waals surface area contributed by atoms with Crippen LogP contribution in [0.5, 0.6) is 11.5 Å². The molecular formula is C32H34N4O5. The molecule has 1 N–H and O–H groups in total. The number of aromatic nitrogens is 2. The van der Waals surface area contributed by atoms with E-state index in [1.807, 2.05) is 72.3 Å². The molecule has 0 bridgehead atoms. The average molecular weight is 555 g/mol. The largest absolute Gasteiger partial charge is 0.497 e. The maximum absolute atomic E-state index is 13.5. The zero-order chi connectivity index (χ0) is 28.6. The smallest absolute Gasteiger partial charge is 0.254 e. The van der Waals surface area contributed by atoms with Crippen LogP contribution in [0.1, 0.15) is 30.1 Å². The number of benzene rings is 3. The van der Waals surface area contributed by atoms with Crippen molar-refractivity contribution in [3.8, 4) is 28.4 Å². The van der Waals surface area contributed by atoms with Gasteiger partial charge in [-0.2, -0.15) is 0 Å². The molecule has 9 heteroatoms. The normalized spacial score (nSPS) is 14.4. The van der Waals surface area contributed by atoms with Crippen LogP contribution in [0.25, 0.3) is 16.9 Å². The van der Waals surface area contributed by atoms with Crippen LogP contribution < -0.4 is 14.8 Å². The minimum absolute atomic E-state index is 0.113. The zero-order valence-electron chi connectivity index (χ0n) is 23.3. The highest BCUT2D eigenvalue weighted by atomic mass is 16.5. The number of carbonyl (C=O) groups is 2. The molecule has 1 fully saturated rings. The highest BCUT2D eigenvalue weighted by Crippen LogP contribution is 2.26. The summed E-state index contributed by atoms with van der Waals surface area (Å²) in [6.45, 7) is 3.28. The quantitative estimate of drug-likeness (QED) is 0.274. The van der Waals surface area contributed by atoms with Gasteiger partial charge >= 0.3 is 0 Å². The first-order valence-electron chi connectivity index (χ1n) is 13.8. The number of amides is 2. The summed E-state index contributed by atoms with van der Waals surface area (Å²) in [5, 5.41) is 2.95. The molecule has 0 spiro atoms. The molecule has 4 aromatic rings. The monoisotopic (exact) mass is 554 g/mol. The number of nitrogens with one attached hydrogen (secondary N) is 1. The van der Waals surface area contributed by atoms with Gasteiger partial charge in [-0.25, -0.2) is 4.98 Å². The Balaban J connectivity index is 1.41. The maximum Gasteiger partial charge on any atom is 0.254 e. The predicted octanol–water partition coefficient (Wildman–Crippen LogP) is 5.21. The number of ether oxygens (including phenoxy) is 3. The van der Waals surface area contributed by atoms with E-state index < -0.39 is 0 Å². The Morgan fingerprint density at radius 1 is 1.05 bits per heavy atom. The van der Waals surface area contributed by atoms with Gasteiger partial charge in [0.1, 0.15) is 18.0 Å². The fraction of sp³-hybridized carbons (Fsp3) is 0.281. The van der Waals surface area contributed by atoms with Gasteiger partial charge in [0.25, 0.3) is 5.91 Å². The number of hydrogen-bond acceptors (Lipinski definition) is 6. The minimum atomic E-state index is -0.364. The van der Waals surface area contributed by atoms with E-state index in [0.717, 1.165) is 24.1 Å². The molecule has 1 aliphatic heterocycles. The van der Waals surface area contributed by atoms with Gasteiger partial charge in [-0.1, -0.05) is 36.4 Å². The van der Waals surface area contributed by atoms with Crippen molar-refractivity contribution in [2.75, 3.05) is 38.7 Å². The lowest BCUT2D eigenvalue weighted by molar-refractivity contribution is -0.117. The number of imidazole rings is 1. The molecule has 0 aliphatic carbocycles. The molecule has 1 unspecified atom stereocenters. The fourth-order valence-corrected chi connectivity index (χ4v) is 4.81. The van der Waals surface area contributed by atoms with Crippen molar-refractivity contribution in [2.45, 2.75) is 25.9 Å². The first kappa shape index (κ1) is 27.9. The molecule has 1 aliphatic rings. The fourth-order valence-electron chi connectivity index (χ4n) is 4.81. The molecule has 5 rings (SSSR count). The van der Waals surface area contributed by atoms with Gasteiger partial charge in [-0.05, 0) is 56.2 Å². The summed E-state index contributed by atoms with van der Waals surface area (Å²) in [4.78, 5) is 33.3. The molecule has 3 aromatic carbocycles. The molecule has 212 valence electrons. The lowest BCUT2D eigenvalue weighted by Crippen LogP contribution is -2.42. The Hall–Kier alpha value is -4.63. The molecular weight excluding hydrogens is 520 g/mol. The number of carbonyl (C=O) groups excluding carboxylic acids is 2. The third-order valence-corrected chi connectivity index (χ3v) is 6.84. The van der Waals surface area contributed by atoms with Gasteiger partial charge in [0.05, 0.1) is 31.2 Å². The third-order valence-electron chi connectivity index (χ3n) is 6.84. The average Bonchev–Trinajstić information content (AvgIpc) is 3.67. The Morgan fingerprint density at radius 2 is 1.85 bits per heavy atom. The van der Waals surface area contributed by atoms with E-state index in [4.69, 9.17) is 19.2 Å². The summed E-state index contributed by atoms with van der Waals surface area (Å²) in [6.07, 6.45) is 3.54. The highest BCUT2D eigenvalue weighted by molar-refractivity contribution is 5.99. The second-order valence-electron chi connectivity index (χ2n) is 9.71. The van der Waals surface area contributed by atoms with Gasteiger partial charge in [-0.3, -0.25) is 19.5 Å². The lowest BCUT2D eigenvalue weighted by Gasteiger charge is -2.25. The zero-order valence-corrected chi connectivity index (χ0v) is 23.3. The van der Waals surface area contributed by atoms with Crippen molar-refractivity contribution in [3.63, 3.8) is 0 Å². The van der Waals surface area contributed by atoms with E-state index in [2.05, 4.69) is 5.32 Å².